The third-order valence-electron chi connectivity index (χ3n) is 11.1. The molecule has 0 spiro atoms. The monoisotopic (exact) mass is 710 g/mol. The molecule has 56 heavy (non-hydrogen) atoms. The predicted octanol–water partition coefficient (Wildman–Crippen LogP) is 15.7. The number of fused-ring (bicyclic) bond motifs is 2. The van der Waals surface area contributed by atoms with Crippen molar-refractivity contribution in [2.24, 2.45) is 0 Å². The lowest BCUT2D eigenvalue weighted by atomic mass is 9.80. The molecule has 10 rings (SSSR count). The fourth-order valence-corrected chi connectivity index (χ4v) is 8.47. The van der Waals surface area contributed by atoms with Crippen LogP contribution in [0.5, 0.6) is 0 Å². The Balaban J connectivity index is 1.33. The van der Waals surface area contributed by atoms with E-state index in [1.165, 1.54) is 99.4 Å². The molecule has 0 nitrogen and oxygen atoms in total. The van der Waals surface area contributed by atoms with E-state index >= 15 is 0 Å². The van der Waals surface area contributed by atoms with Crippen LogP contribution in [0.15, 0.2) is 231 Å². The lowest BCUT2D eigenvalue weighted by Gasteiger charge is -2.22. The number of rotatable bonds is 7. The van der Waals surface area contributed by atoms with E-state index in [1.54, 1.807) is 0 Å². The van der Waals surface area contributed by atoms with E-state index in [4.69, 9.17) is 0 Å². The van der Waals surface area contributed by atoms with Crippen molar-refractivity contribution in [3.8, 4) is 77.9 Å². The highest BCUT2D eigenvalue weighted by Crippen LogP contribution is 2.49. The van der Waals surface area contributed by atoms with E-state index in [2.05, 4.69) is 231 Å². The van der Waals surface area contributed by atoms with Crippen LogP contribution in [0.2, 0.25) is 0 Å². The maximum atomic E-state index is 2.48. The molecule has 0 aliphatic heterocycles. The van der Waals surface area contributed by atoms with Gasteiger partial charge in [-0.05, 0) is 124 Å². The molecule has 0 saturated heterocycles. The molecule has 262 valence electrons. The van der Waals surface area contributed by atoms with Crippen molar-refractivity contribution >= 4 is 21.5 Å². The van der Waals surface area contributed by atoms with Gasteiger partial charge < -0.3 is 0 Å². The van der Waals surface area contributed by atoms with Crippen LogP contribution in [-0.2, 0) is 0 Å². The zero-order chi connectivity index (χ0) is 37.3. The van der Waals surface area contributed by atoms with Crippen molar-refractivity contribution in [1.29, 1.82) is 0 Å². The topological polar surface area (TPSA) is 0 Å². The number of hydrogen-bond acceptors (Lipinski definition) is 0. The molecule has 0 fully saturated rings. The summed E-state index contributed by atoms with van der Waals surface area (Å²) in [6.07, 6.45) is 0. The molecule has 10 aromatic carbocycles. The Labute approximate surface area is 328 Å². The summed E-state index contributed by atoms with van der Waals surface area (Å²) in [5.74, 6) is 0. The van der Waals surface area contributed by atoms with E-state index in [0.717, 1.165) is 0 Å². The summed E-state index contributed by atoms with van der Waals surface area (Å²) >= 11 is 0. The Morgan fingerprint density at radius 2 is 0.464 bits per heavy atom. The van der Waals surface area contributed by atoms with Crippen molar-refractivity contribution < 1.29 is 0 Å². The van der Waals surface area contributed by atoms with Gasteiger partial charge in [0.15, 0.2) is 0 Å². The summed E-state index contributed by atoms with van der Waals surface area (Å²) in [6, 6.07) is 84.1. The van der Waals surface area contributed by atoms with Crippen LogP contribution in [0.25, 0.3) is 99.4 Å². The lowest BCUT2D eigenvalue weighted by Crippen LogP contribution is -1.96. The van der Waals surface area contributed by atoms with Gasteiger partial charge in [-0.15, -0.1) is 0 Å². The first kappa shape index (κ1) is 33.3. The Morgan fingerprint density at radius 3 is 0.911 bits per heavy atom. The third-order valence-corrected chi connectivity index (χ3v) is 11.1. The standard InChI is InChI=1S/C56H38/c1-5-19-39(20-6-1)43-27-17-29-45(35-43)52-37-51(41-23-9-3-10-24-41)54(38-53(52)46-30-18-28-44(36-46)40-21-7-2-8-22-40)56-49-33-15-13-31-47(49)55(42-25-11-4-12-26-42)48-32-14-16-34-50(48)56/h1-38H. The molecule has 0 radical (unpaired) electrons. The first-order chi connectivity index (χ1) is 27.8. The van der Waals surface area contributed by atoms with Crippen LogP contribution in [-0.4, -0.2) is 0 Å². The summed E-state index contributed by atoms with van der Waals surface area (Å²) in [4.78, 5) is 0. The van der Waals surface area contributed by atoms with Crippen molar-refractivity contribution in [2.45, 2.75) is 0 Å². The van der Waals surface area contributed by atoms with Gasteiger partial charge in [0.05, 0.1) is 0 Å². The largest absolute Gasteiger partial charge is 0.0622 e. The quantitative estimate of drug-likeness (QED) is 0.144. The Hall–Kier alpha value is -7.28. The molecule has 0 aromatic heterocycles. The average Bonchev–Trinajstić information content (AvgIpc) is 3.29. The molecule has 0 heterocycles. The van der Waals surface area contributed by atoms with E-state index in [1.807, 2.05) is 0 Å². The lowest BCUT2D eigenvalue weighted by molar-refractivity contribution is 1.54. The Bertz CT molecular complexity index is 2920. The molecule has 0 unspecified atom stereocenters. The van der Waals surface area contributed by atoms with Crippen molar-refractivity contribution in [1.82, 2.24) is 0 Å². The van der Waals surface area contributed by atoms with Crippen LogP contribution < -0.4 is 0 Å². The van der Waals surface area contributed by atoms with Gasteiger partial charge in [-0.2, -0.15) is 0 Å². The third kappa shape index (κ3) is 6.08. The van der Waals surface area contributed by atoms with E-state index < -0.39 is 0 Å². The van der Waals surface area contributed by atoms with Crippen LogP contribution in [0.3, 0.4) is 0 Å². The molecular formula is C56H38. The number of hydrogen-bond donors (Lipinski definition) is 0. The molecule has 0 saturated carbocycles. The highest BCUT2D eigenvalue weighted by Gasteiger charge is 2.22. The van der Waals surface area contributed by atoms with E-state index in [-0.39, 0.29) is 0 Å². The van der Waals surface area contributed by atoms with Crippen LogP contribution in [0.1, 0.15) is 0 Å². The first-order valence-corrected chi connectivity index (χ1v) is 19.3. The predicted molar refractivity (Wildman–Crippen MR) is 240 cm³/mol. The van der Waals surface area contributed by atoms with Gasteiger partial charge in [0.25, 0.3) is 0 Å². The second kappa shape index (κ2) is 14.5. The van der Waals surface area contributed by atoms with Gasteiger partial charge >= 0.3 is 0 Å². The van der Waals surface area contributed by atoms with E-state index in [0.29, 0.717) is 0 Å². The maximum Gasteiger partial charge on any atom is -0.00199 e. The minimum absolute atomic E-state index is 1.18. The molecular weight excluding hydrogens is 673 g/mol. The number of benzene rings is 10. The molecule has 0 aliphatic carbocycles. The molecule has 10 aromatic rings. The minimum Gasteiger partial charge on any atom is -0.0622 e. The van der Waals surface area contributed by atoms with Crippen molar-refractivity contribution in [2.75, 3.05) is 0 Å². The highest BCUT2D eigenvalue weighted by atomic mass is 14.2. The summed E-state index contributed by atoms with van der Waals surface area (Å²) in [7, 11) is 0. The fraction of sp³-hybridized carbons (Fsp3) is 0. The fourth-order valence-electron chi connectivity index (χ4n) is 8.47. The van der Waals surface area contributed by atoms with Crippen molar-refractivity contribution in [3.63, 3.8) is 0 Å². The second-order valence-corrected chi connectivity index (χ2v) is 14.4. The molecule has 0 amide bonds. The SMILES string of the molecule is c1ccc(-c2cccc(-c3cc(-c4ccccc4)c(-c4c5ccccc5c(-c5ccccc5)c5ccccc45)cc3-c3cccc(-c4ccccc4)c3)c2)cc1. The Morgan fingerprint density at radius 1 is 0.161 bits per heavy atom. The zero-order valence-electron chi connectivity index (χ0n) is 30.9. The van der Waals surface area contributed by atoms with Gasteiger partial charge in [0, 0.05) is 0 Å². The average molecular weight is 711 g/mol. The van der Waals surface area contributed by atoms with Crippen LogP contribution in [0, 0.1) is 0 Å². The second-order valence-electron chi connectivity index (χ2n) is 14.4. The molecule has 0 heteroatoms. The van der Waals surface area contributed by atoms with Gasteiger partial charge in [0.2, 0.25) is 0 Å². The first-order valence-electron chi connectivity index (χ1n) is 19.3. The Kier molecular flexibility index (Phi) is 8.63. The molecule has 0 N–H and O–H groups in total. The molecule has 0 bridgehead atoms. The molecule has 0 aliphatic rings. The zero-order valence-corrected chi connectivity index (χ0v) is 30.9. The van der Waals surface area contributed by atoms with Crippen LogP contribution >= 0.6 is 0 Å². The van der Waals surface area contributed by atoms with Gasteiger partial charge in [-0.1, -0.05) is 206 Å². The van der Waals surface area contributed by atoms with Gasteiger partial charge in [0.1, 0.15) is 0 Å². The summed E-state index contributed by atoms with van der Waals surface area (Å²) in [5.41, 5.74) is 16.9. The highest BCUT2D eigenvalue weighted by molar-refractivity contribution is 6.23. The van der Waals surface area contributed by atoms with E-state index in [9.17, 15) is 0 Å². The normalized spacial score (nSPS) is 11.2. The summed E-state index contributed by atoms with van der Waals surface area (Å²) in [6.45, 7) is 0. The van der Waals surface area contributed by atoms with Gasteiger partial charge in [-0.25, -0.2) is 0 Å². The van der Waals surface area contributed by atoms with Crippen LogP contribution in [0.4, 0.5) is 0 Å². The summed E-state index contributed by atoms with van der Waals surface area (Å²) in [5, 5.41) is 4.98. The van der Waals surface area contributed by atoms with Gasteiger partial charge in [-0.3, -0.25) is 0 Å². The maximum absolute atomic E-state index is 2.48. The minimum atomic E-state index is 1.18. The molecule has 0 atom stereocenters. The smallest absolute Gasteiger partial charge is 0.00199 e. The van der Waals surface area contributed by atoms with Crippen molar-refractivity contribution in [3.05, 3.63) is 231 Å². The summed E-state index contributed by atoms with van der Waals surface area (Å²) < 4.78 is 0.